The minimum absolute atomic E-state index is 0.00376. The van der Waals surface area contributed by atoms with Crippen LogP contribution in [0, 0.1) is 0 Å². The van der Waals surface area contributed by atoms with Crippen LogP contribution in [0.5, 0.6) is 0 Å². The largest absolute Gasteiger partial charge is 0.445 e. The van der Waals surface area contributed by atoms with Crippen LogP contribution in [0.1, 0.15) is 20.8 Å². The minimum atomic E-state index is -2.12. The monoisotopic (exact) mass is 467 g/mol. The second-order valence-corrected chi connectivity index (χ2v) is 15.3. The van der Waals surface area contributed by atoms with Gasteiger partial charge in [-0.2, -0.15) is 0 Å². The first-order valence-corrected chi connectivity index (χ1v) is 12.4. The fourth-order valence-corrected chi connectivity index (χ4v) is 3.25. The molecule has 0 aromatic carbocycles. The number of carbonyl (C=O) groups is 1. The number of amides is 1. The van der Waals surface area contributed by atoms with Gasteiger partial charge in [-0.25, -0.2) is 4.79 Å². The van der Waals surface area contributed by atoms with E-state index in [-0.39, 0.29) is 11.6 Å². The van der Waals surface area contributed by atoms with Crippen molar-refractivity contribution >= 4 is 49.2 Å². The van der Waals surface area contributed by atoms with E-state index >= 15 is 0 Å². The topological polar surface area (TPSA) is 117 Å². The predicted octanol–water partition coefficient (Wildman–Crippen LogP) is 1.91. The molecular formula is C15H28Cl3NO7Si. The summed E-state index contributed by atoms with van der Waals surface area (Å²) in [5.41, 5.74) is 0. The van der Waals surface area contributed by atoms with E-state index in [0.717, 1.165) is 0 Å². The number of rotatable bonds is 5. The molecule has 5 atom stereocenters. The Balaban J connectivity index is 2.65. The number of aliphatic hydroxyl groups excluding tert-OH is 3. The maximum absolute atomic E-state index is 11.7. The Morgan fingerprint density at radius 3 is 2.19 bits per heavy atom. The number of nitrogens with one attached hydrogen (secondary N) is 1. The molecule has 8 nitrogen and oxygen atoms in total. The lowest BCUT2D eigenvalue weighted by Crippen LogP contribution is -2.64. The average Bonchev–Trinajstić information content (AvgIpc) is 2.50. The van der Waals surface area contributed by atoms with Gasteiger partial charge in [-0.3, -0.25) is 0 Å². The van der Waals surface area contributed by atoms with Gasteiger partial charge in [-0.1, -0.05) is 55.6 Å². The van der Waals surface area contributed by atoms with Crippen molar-refractivity contribution in [3.8, 4) is 0 Å². The summed E-state index contributed by atoms with van der Waals surface area (Å²) in [4.78, 5) is 11.7. The molecule has 27 heavy (non-hydrogen) atoms. The van der Waals surface area contributed by atoms with Crippen LogP contribution < -0.4 is 5.32 Å². The molecule has 0 bridgehead atoms. The van der Waals surface area contributed by atoms with Crippen LogP contribution in [-0.4, -0.2) is 77.4 Å². The first-order chi connectivity index (χ1) is 12.0. The molecule has 1 saturated heterocycles. The van der Waals surface area contributed by atoms with E-state index in [2.05, 4.69) is 30.8 Å². The quantitative estimate of drug-likeness (QED) is 0.359. The van der Waals surface area contributed by atoms with Crippen LogP contribution in [-0.2, 0) is 13.9 Å². The molecule has 12 heteroatoms. The molecular weight excluding hydrogens is 441 g/mol. The van der Waals surface area contributed by atoms with Crippen molar-refractivity contribution in [2.75, 3.05) is 13.2 Å². The molecule has 1 aliphatic heterocycles. The van der Waals surface area contributed by atoms with Gasteiger partial charge in [0.05, 0.1) is 6.61 Å². The molecule has 1 amide bonds. The molecule has 1 fully saturated rings. The van der Waals surface area contributed by atoms with E-state index in [9.17, 15) is 20.1 Å². The summed E-state index contributed by atoms with van der Waals surface area (Å²) in [5.74, 6) is 0. The number of alkyl carbamates (subject to hydrolysis) is 1. The van der Waals surface area contributed by atoms with Crippen molar-refractivity contribution in [1.82, 2.24) is 5.32 Å². The third-order valence-corrected chi connectivity index (χ3v) is 9.61. The zero-order chi connectivity index (χ0) is 21.2. The lowest BCUT2D eigenvalue weighted by Gasteiger charge is -2.43. The second kappa shape index (κ2) is 9.31. The van der Waals surface area contributed by atoms with Gasteiger partial charge in [0.2, 0.25) is 3.79 Å². The molecule has 0 unspecified atom stereocenters. The van der Waals surface area contributed by atoms with E-state index in [0.29, 0.717) is 0 Å². The Hall–Kier alpha value is 0.157. The van der Waals surface area contributed by atoms with Gasteiger partial charge >= 0.3 is 6.09 Å². The van der Waals surface area contributed by atoms with Gasteiger partial charge < -0.3 is 34.5 Å². The summed E-state index contributed by atoms with van der Waals surface area (Å²) in [5, 5.41) is 32.8. The summed E-state index contributed by atoms with van der Waals surface area (Å²) in [6.07, 6.45) is -6.49. The van der Waals surface area contributed by atoms with Gasteiger partial charge in [-0.15, -0.1) is 0 Å². The van der Waals surface area contributed by atoms with Gasteiger partial charge in [0.15, 0.2) is 14.6 Å². The Labute approximate surface area is 175 Å². The summed E-state index contributed by atoms with van der Waals surface area (Å²) in [6, 6.07) is -1.33. The van der Waals surface area contributed by atoms with Crippen molar-refractivity contribution in [3.63, 3.8) is 0 Å². The SMILES string of the molecule is CC(C)(C)[Si](C)(C)OC[C@H]1O[C@@H](O)[C@H](NC(=O)OCC(Cl)(Cl)Cl)[C@@H](O)[C@@H]1O. The molecule has 160 valence electrons. The number of carbonyl (C=O) groups excluding carboxylic acids is 1. The minimum Gasteiger partial charge on any atom is -0.445 e. The maximum atomic E-state index is 11.7. The molecule has 1 heterocycles. The van der Waals surface area contributed by atoms with Gasteiger partial charge in [0.1, 0.15) is 31.0 Å². The molecule has 0 aromatic rings. The van der Waals surface area contributed by atoms with Crippen molar-refractivity contribution in [2.24, 2.45) is 0 Å². The lowest BCUT2D eigenvalue weighted by molar-refractivity contribution is -0.252. The van der Waals surface area contributed by atoms with E-state index in [1.54, 1.807) is 0 Å². The van der Waals surface area contributed by atoms with E-state index in [4.69, 9.17) is 44.0 Å². The Kier molecular flexibility index (Phi) is 8.69. The Morgan fingerprint density at radius 2 is 1.70 bits per heavy atom. The fourth-order valence-electron chi connectivity index (χ4n) is 2.07. The number of ether oxygens (including phenoxy) is 2. The third-order valence-electron chi connectivity index (χ3n) is 4.79. The second-order valence-electron chi connectivity index (χ2n) is 7.98. The number of aliphatic hydroxyl groups is 3. The summed E-state index contributed by atoms with van der Waals surface area (Å²) >= 11 is 16.4. The molecule has 1 rings (SSSR count). The maximum Gasteiger partial charge on any atom is 0.407 e. The van der Waals surface area contributed by atoms with Gasteiger partial charge in [0, 0.05) is 0 Å². The summed E-state index contributed by atoms with van der Waals surface area (Å²) in [7, 11) is -2.12. The van der Waals surface area contributed by atoms with E-state index in [1.165, 1.54) is 0 Å². The number of alkyl halides is 3. The Bertz CT molecular complexity index is 513. The van der Waals surface area contributed by atoms with E-state index < -0.39 is 55.5 Å². The molecule has 0 saturated carbocycles. The number of hydrogen-bond acceptors (Lipinski definition) is 7. The van der Waals surface area contributed by atoms with E-state index in [1.807, 2.05) is 13.1 Å². The number of hydrogen-bond donors (Lipinski definition) is 4. The van der Waals surface area contributed by atoms with Crippen molar-refractivity contribution < 1.29 is 34.0 Å². The van der Waals surface area contributed by atoms with Crippen molar-refractivity contribution in [2.45, 2.75) is 73.3 Å². The molecule has 0 spiro atoms. The zero-order valence-corrected chi connectivity index (χ0v) is 19.2. The van der Waals surface area contributed by atoms with Crippen molar-refractivity contribution in [3.05, 3.63) is 0 Å². The van der Waals surface area contributed by atoms with Crippen LogP contribution in [0.2, 0.25) is 18.1 Å². The average molecular weight is 469 g/mol. The summed E-state index contributed by atoms with van der Waals surface area (Å²) < 4.78 is 14.2. The molecule has 1 aliphatic rings. The Morgan fingerprint density at radius 1 is 1.15 bits per heavy atom. The molecule has 0 aromatic heterocycles. The highest BCUT2D eigenvalue weighted by molar-refractivity contribution is 6.74. The highest BCUT2D eigenvalue weighted by Crippen LogP contribution is 2.37. The normalized spacial score (nSPS) is 30.1. The predicted molar refractivity (Wildman–Crippen MR) is 105 cm³/mol. The highest BCUT2D eigenvalue weighted by Gasteiger charge is 2.46. The van der Waals surface area contributed by atoms with Gasteiger partial charge in [0.25, 0.3) is 0 Å². The molecule has 0 aliphatic carbocycles. The smallest absolute Gasteiger partial charge is 0.407 e. The zero-order valence-electron chi connectivity index (χ0n) is 15.9. The van der Waals surface area contributed by atoms with Crippen LogP contribution in [0.15, 0.2) is 0 Å². The molecule has 4 N–H and O–H groups in total. The van der Waals surface area contributed by atoms with Crippen LogP contribution in [0.3, 0.4) is 0 Å². The summed E-state index contributed by atoms with van der Waals surface area (Å²) in [6.45, 7) is 9.70. The first kappa shape index (κ1) is 25.2. The van der Waals surface area contributed by atoms with Crippen LogP contribution in [0.25, 0.3) is 0 Å². The lowest BCUT2D eigenvalue weighted by atomic mass is 9.97. The van der Waals surface area contributed by atoms with Crippen molar-refractivity contribution in [1.29, 1.82) is 0 Å². The highest BCUT2D eigenvalue weighted by atomic mass is 35.6. The standard InChI is InChI=1S/C15H28Cl3NO7Si/c1-14(2,3)27(4,5)25-6-8-10(20)11(21)9(12(22)26-8)19-13(23)24-7-15(16,17)18/h8-12,20-22H,6-7H2,1-5H3,(H,19,23)/t8-,9-,10-,11-,12-/m1/s1. The fraction of sp³-hybridized carbons (Fsp3) is 0.933. The molecule has 0 radical (unpaired) electrons. The van der Waals surface area contributed by atoms with Crippen LogP contribution >= 0.6 is 34.8 Å². The van der Waals surface area contributed by atoms with Crippen LogP contribution in [0.4, 0.5) is 4.79 Å². The first-order valence-electron chi connectivity index (χ1n) is 8.39. The third kappa shape index (κ3) is 7.49. The number of halogens is 3. The van der Waals surface area contributed by atoms with Gasteiger partial charge in [-0.05, 0) is 18.1 Å².